The largest absolute Gasteiger partial charge is 0.390 e. The molecule has 20 heavy (non-hydrogen) atoms. The third-order valence-electron chi connectivity index (χ3n) is 3.02. The molecule has 1 aromatic carbocycles. The number of imidazole rings is 1. The van der Waals surface area contributed by atoms with Crippen LogP contribution < -0.4 is 5.32 Å². The van der Waals surface area contributed by atoms with Crippen LogP contribution in [0.15, 0.2) is 42.7 Å². The zero-order valence-corrected chi connectivity index (χ0v) is 12.4. The summed E-state index contributed by atoms with van der Waals surface area (Å²) in [6.07, 6.45) is 3.24. The standard InChI is InChI=1S/C16H23N3O/c1-16(2,3)18-11-14(20)12-19-10-9-17-15(19)13-7-5-4-6-8-13/h4-10,14,18,20H,11-12H2,1-3H3. The molecule has 0 radical (unpaired) electrons. The molecule has 0 aliphatic heterocycles. The van der Waals surface area contributed by atoms with Crippen molar-refractivity contribution in [3.8, 4) is 11.4 Å². The van der Waals surface area contributed by atoms with Crippen molar-refractivity contribution in [3.63, 3.8) is 0 Å². The second-order valence-electron chi connectivity index (χ2n) is 6.05. The number of aliphatic hydroxyl groups excluding tert-OH is 1. The lowest BCUT2D eigenvalue weighted by molar-refractivity contribution is 0.142. The number of aromatic nitrogens is 2. The maximum absolute atomic E-state index is 10.1. The van der Waals surface area contributed by atoms with Crippen molar-refractivity contribution >= 4 is 0 Å². The van der Waals surface area contributed by atoms with E-state index in [4.69, 9.17) is 0 Å². The maximum Gasteiger partial charge on any atom is 0.139 e. The van der Waals surface area contributed by atoms with Crippen LogP contribution in [-0.2, 0) is 6.54 Å². The lowest BCUT2D eigenvalue weighted by Crippen LogP contribution is -2.42. The van der Waals surface area contributed by atoms with Crippen molar-refractivity contribution in [3.05, 3.63) is 42.7 Å². The SMILES string of the molecule is CC(C)(C)NCC(O)Cn1ccnc1-c1ccccc1. The average Bonchev–Trinajstić information content (AvgIpc) is 2.85. The van der Waals surface area contributed by atoms with E-state index in [1.807, 2.05) is 41.1 Å². The van der Waals surface area contributed by atoms with Gasteiger partial charge in [-0.1, -0.05) is 30.3 Å². The molecule has 0 spiro atoms. The molecule has 0 aliphatic rings. The van der Waals surface area contributed by atoms with Gasteiger partial charge < -0.3 is 15.0 Å². The van der Waals surface area contributed by atoms with Gasteiger partial charge in [-0.2, -0.15) is 0 Å². The van der Waals surface area contributed by atoms with Gasteiger partial charge in [0.1, 0.15) is 5.82 Å². The van der Waals surface area contributed by atoms with E-state index in [1.165, 1.54) is 0 Å². The Morgan fingerprint density at radius 2 is 1.95 bits per heavy atom. The summed E-state index contributed by atoms with van der Waals surface area (Å²) in [6, 6.07) is 10.0. The zero-order chi connectivity index (χ0) is 14.6. The molecule has 1 heterocycles. The molecule has 2 rings (SSSR count). The molecule has 1 aromatic heterocycles. The topological polar surface area (TPSA) is 50.1 Å². The number of hydrogen-bond acceptors (Lipinski definition) is 3. The molecule has 108 valence electrons. The first-order valence-corrected chi connectivity index (χ1v) is 6.95. The van der Waals surface area contributed by atoms with Crippen LogP contribution in [0.3, 0.4) is 0 Å². The van der Waals surface area contributed by atoms with Gasteiger partial charge in [-0.3, -0.25) is 0 Å². The van der Waals surface area contributed by atoms with Crippen LogP contribution in [0, 0.1) is 0 Å². The van der Waals surface area contributed by atoms with Crippen molar-refractivity contribution in [1.29, 1.82) is 0 Å². The van der Waals surface area contributed by atoms with Crippen LogP contribution in [0.5, 0.6) is 0 Å². The smallest absolute Gasteiger partial charge is 0.139 e. The van der Waals surface area contributed by atoms with Gasteiger partial charge in [-0.15, -0.1) is 0 Å². The molecule has 0 amide bonds. The summed E-state index contributed by atoms with van der Waals surface area (Å²) in [5, 5.41) is 13.5. The van der Waals surface area contributed by atoms with Gasteiger partial charge in [0.2, 0.25) is 0 Å². The first kappa shape index (κ1) is 14.8. The number of nitrogens with zero attached hydrogens (tertiary/aromatic N) is 2. The highest BCUT2D eigenvalue weighted by Crippen LogP contribution is 2.17. The van der Waals surface area contributed by atoms with E-state index in [1.54, 1.807) is 6.20 Å². The monoisotopic (exact) mass is 273 g/mol. The van der Waals surface area contributed by atoms with Crippen LogP contribution in [0.1, 0.15) is 20.8 Å². The first-order valence-electron chi connectivity index (χ1n) is 6.95. The van der Waals surface area contributed by atoms with Gasteiger partial charge in [-0.05, 0) is 20.8 Å². The third-order valence-corrected chi connectivity index (χ3v) is 3.02. The molecule has 0 bridgehead atoms. The van der Waals surface area contributed by atoms with Crippen LogP contribution >= 0.6 is 0 Å². The van der Waals surface area contributed by atoms with Gasteiger partial charge in [0.05, 0.1) is 12.6 Å². The summed E-state index contributed by atoms with van der Waals surface area (Å²) in [6.45, 7) is 7.37. The fourth-order valence-electron chi connectivity index (χ4n) is 2.02. The Morgan fingerprint density at radius 3 is 2.60 bits per heavy atom. The van der Waals surface area contributed by atoms with E-state index in [2.05, 4.69) is 31.1 Å². The number of nitrogens with one attached hydrogen (secondary N) is 1. The van der Waals surface area contributed by atoms with Crippen LogP contribution in [0.25, 0.3) is 11.4 Å². The van der Waals surface area contributed by atoms with Crippen molar-refractivity contribution < 1.29 is 5.11 Å². The second kappa shape index (κ2) is 6.20. The maximum atomic E-state index is 10.1. The number of β-amino-alcohol motifs (C(OH)–C–C–N with tert-alkyl or cyclic N) is 1. The van der Waals surface area contributed by atoms with Crippen LogP contribution in [0.2, 0.25) is 0 Å². The van der Waals surface area contributed by atoms with Gasteiger partial charge >= 0.3 is 0 Å². The van der Waals surface area contributed by atoms with E-state index in [0.717, 1.165) is 11.4 Å². The van der Waals surface area contributed by atoms with E-state index in [9.17, 15) is 5.11 Å². The van der Waals surface area contributed by atoms with Gasteiger partial charge in [-0.25, -0.2) is 4.98 Å². The fourth-order valence-corrected chi connectivity index (χ4v) is 2.02. The van der Waals surface area contributed by atoms with E-state index >= 15 is 0 Å². The molecule has 0 saturated heterocycles. The van der Waals surface area contributed by atoms with E-state index in [0.29, 0.717) is 13.1 Å². The number of hydrogen-bond donors (Lipinski definition) is 2. The predicted molar refractivity (Wildman–Crippen MR) is 81.4 cm³/mol. The van der Waals surface area contributed by atoms with Crippen molar-refractivity contribution in [2.45, 2.75) is 39.0 Å². The molecule has 0 fully saturated rings. The molecule has 4 heteroatoms. The minimum absolute atomic E-state index is 0.0121. The highest BCUT2D eigenvalue weighted by Gasteiger charge is 2.14. The molecular weight excluding hydrogens is 250 g/mol. The summed E-state index contributed by atoms with van der Waals surface area (Å²) >= 11 is 0. The molecular formula is C16H23N3O. The fraction of sp³-hybridized carbons (Fsp3) is 0.438. The molecule has 2 aromatic rings. The minimum atomic E-state index is -0.439. The quantitative estimate of drug-likeness (QED) is 0.879. The van der Waals surface area contributed by atoms with Gasteiger partial charge in [0, 0.05) is 30.0 Å². The number of aliphatic hydroxyl groups is 1. The Bertz CT molecular complexity index is 528. The summed E-state index contributed by atoms with van der Waals surface area (Å²) in [5.41, 5.74) is 1.08. The highest BCUT2D eigenvalue weighted by atomic mass is 16.3. The Balaban J connectivity index is 2.02. The second-order valence-corrected chi connectivity index (χ2v) is 6.05. The third kappa shape index (κ3) is 4.18. The Morgan fingerprint density at radius 1 is 1.25 bits per heavy atom. The number of rotatable bonds is 5. The zero-order valence-electron chi connectivity index (χ0n) is 12.4. The minimum Gasteiger partial charge on any atom is -0.390 e. The van der Waals surface area contributed by atoms with Crippen molar-refractivity contribution in [2.24, 2.45) is 0 Å². The molecule has 0 aliphatic carbocycles. The average molecular weight is 273 g/mol. The van der Waals surface area contributed by atoms with Gasteiger partial charge in [0.25, 0.3) is 0 Å². The van der Waals surface area contributed by atoms with Crippen molar-refractivity contribution in [1.82, 2.24) is 14.9 Å². The molecule has 0 saturated carbocycles. The normalized spacial score (nSPS) is 13.4. The summed E-state index contributed by atoms with van der Waals surface area (Å²) in [5.74, 6) is 0.889. The Hall–Kier alpha value is -1.65. The van der Waals surface area contributed by atoms with E-state index < -0.39 is 6.10 Å². The lowest BCUT2D eigenvalue weighted by Gasteiger charge is -2.23. The lowest BCUT2D eigenvalue weighted by atomic mass is 10.1. The van der Waals surface area contributed by atoms with E-state index in [-0.39, 0.29) is 5.54 Å². The summed E-state index contributed by atoms with van der Waals surface area (Å²) < 4.78 is 1.99. The molecule has 1 atom stereocenters. The Labute approximate surface area is 120 Å². The van der Waals surface area contributed by atoms with Crippen LogP contribution in [0.4, 0.5) is 0 Å². The van der Waals surface area contributed by atoms with Crippen molar-refractivity contribution in [2.75, 3.05) is 6.54 Å². The highest BCUT2D eigenvalue weighted by molar-refractivity contribution is 5.55. The summed E-state index contributed by atoms with van der Waals surface area (Å²) in [7, 11) is 0. The van der Waals surface area contributed by atoms with Crippen LogP contribution in [-0.4, -0.2) is 32.8 Å². The first-order chi connectivity index (χ1) is 9.46. The van der Waals surface area contributed by atoms with Gasteiger partial charge in [0.15, 0.2) is 0 Å². The molecule has 1 unspecified atom stereocenters. The number of benzene rings is 1. The molecule has 2 N–H and O–H groups in total. The summed E-state index contributed by atoms with van der Waals surface area (Å²) in [4.78, 5) is 4.38. The Kier molecular flexibility index (Phi) is 4.57. The predicted octanol–water partition coefficient (Wildman–Crippen LogP) is 2.30. The molecule has 4 nitrogen and oxygen atoms in total.